The number of fused-ring (bicyclic) bond motifs is 1. The van der Waals surface area contributed by atoms with Crippen LogP contribution in [0.1, 0.15) is 34.9 Å². The first-order valence-electron chi connectivity index (χ1n) is 7.99. The predicted octanol–water partition coefficient (Wildman–Crippen LogP) is 2.85. The summed E-state index contributed by atoms with van der Waals surface area (Å²) in [7, 11) is 0. The number of rotatable bonds is 3. The molecule has 1 aliphatic rings. The summed E-state index contributed by atoms with van der Waals surface area (Å²) in [4.78, 5) is 25.3. The van der Waals surface area contributed by atoms with Gasteiger partial charge in [0.2, 0.25) is 5.91 Å². The van der Waals surface area contributed by atoms with Crippen molar-refractivity contribution in [3.05, 3.63) is 50.3 Å². The Bertz CT molecular complexity index is 889. The Morgan fingerprint density at radius 1 is 1.50 bits per heavy atom. The van der Waals surface area contributed by atoms with E-state index in [1.54, 1.807) is 12.3 Å². The topological polar surface area (TPSA) is 74.9 Å². The lowest BCUT2D eigenvalue weighted by atomic mass is 9.89. The Balaban J connectivity index is 1.81. The maximum absolute atomic E-state index is 12.3. The Morgan fingerprint density at radius 3 is 3.04 bits per heavy atom. The number of thiophene rings is 1. The molecule has 24 heavy (non-hydrogen) atoms. The third-order valence-corrected chi connectivity index (χ3v) is 5.49. The first-order valence-corrected chi connectivity index (χ1v) is 8.81. The van der Waals surface area contributed by atoms with Crippen molar-refractivity contribution in [2.75, 3.05) is 5.32 Å². The molecular weight excluding hydrogens is 322 g/mol. The highest BCUT2D eigenvalue weighted by atomic mass is 32.1. The van der Waals surface area contributed by atoms with Gasteiger partial charge in [0.15, 0.2) is 0 Å². The summed E-state index contributed by atoms with van der Waals surface area (Å²) >= 11 is 1.49. The molecule has 3 rings (SSSR count). The quantitative estimate of drug-likeness (QED) is 0.933. The molecular formula is C18H19N3O2S. The number of nitrogens with one attached hydrogen (secondary N) is 1. The number of hydrogen-bond donors (Lipinski definition) is 1. The van der Waals surface area contributed by atoms with Gasteiger partial charge in [-0.1, -0.05) is 13.0 Å². The summed E-state index contributed by atoms with van der Waals surface area (Å²) < 4.78 is 1.38. The van der Waals surface area contributed by atoms with E-state index >= 15 is 0 Å². The van der Waals surface area contributed by atoms with Crippen LogP contribution >= 0.6 is 11.3 Å². The predicted molar refractivity (Wildman–Crippen MR) is 94.3 cm³/mol. The molecule has 2 aromatic heterocycles. The van der Waals surface area contributed by atoms with Gasteiger partial charge in [0.1, 0.15) is 17.6 Å². The number of anilines is 1. The van der Waals surface area contributed by atoms with Crippen molar-refractivity contribution in [3.63, 3.8) is 0 Å². The summed E-state index contributed by atoms with van der Waals surface area (Å²) in [5.74, 6) is 0.322. The molecule has 2 aromatic rings. The normalized spacial score (nSPS) is 16.3. The highest BCUT2D eigenvalue weighted by Crippen LogP contribution is 2.39. The van der Waals surface area contributed by atoms with Crippen LogP contribution in [0.15, 0.2) is 23.1 Å². The van der Waals surface area contributed by atoms with Crippen molar-refractivity contribution in [2.45, 2.75) is 39.7 Å². The van der Waals surface area contributed by atoms with Crippen LogP contribution in [-0.4, -0.2) is 10.5 Å². The van der Waals surface area contributed by atoms with Gasteiger partial charge in [-0.15, -0.1) is 11.3 Å². The SMILES string of the molecule is Cc1ccc(=O)n(CC(=O)Nc2sc3c(c2C#N)CCC(C)C3)c1. The van der Waals surface area contributed by atoms with Crippen LogP contribution in [0.25, 0.3) is 0 Å². The lowest BCUT2D eigenvalue weighted by Gasteiger charge is -2.17. The van der Waals surface area contributed by atoms with Gasteiger partial charge in [-0.05, 0) is 43.2 Å². The summed E-state index contributed by atoms with van der Waals surface area (Å²) in [6.45, 7) is 4.03. The number of aryl methyl sites for hydroxylation is 1. The Hall–Kier alpha value is -2.39. The molecule has 1 amide bonds. The summed E-state index contributed by atoms with van der Waals surface area (Å²) in [6, 6.07) is 5.41. The molecule has 0 aliphatic heterocycles. The van der Waals surface area contributed by atoms with Crippen LogP contribution < -0.4 is 10.9 Å². The first kappa shape index (κ1) is 16.5. The lowest BCUT2D eigenvalue weighted by molar-refractivity contribution is -0.116. The molecule has 1 aliphatic carbocycles. The van der Waals surface area contributed by atoms with Crippen molar-refractivity contribution >= 4 is 22.2 Å². The number of pyridine rings is 1. The molecule has 1 N–H and O–H groups in total. The fraction of sp³-hybridized carbons (Fsp3) is 0.389. The van der Waals surface area contributed by atoms with Gasteiger partial charge in [0.25, 0.3) is 5.56 Å². The molecule has 1 atom stereocenters. The van der Waals surface area contributed by atoms with Crippen LogP contribution in [-0.2, 0) is 24.2 Å². The molecule has 0 radical (unpaired) electrons. The number of aromatic nitrogens is 1. The third kappa shape index (κ3) is 3.26. The number of nitrogens with zero attached hydrogens (tertiary/aromatic N) is 2. The molecule has 6 heteroatoms. The maximum atomic E-state index is 12.3. The molecule has 0 bridgehead atoms. The van der Waals surface area contributed by atoms with Gasteiger partial charge in [-0.2, -0.15) is 5.26 Å². The van der Waals surface area contributed by atoms with Crippen LogP contribution in [0.4, 0.5) is 5.00 Å². The third-order valence-electron chi connectivity index (χ3n) is 4.32. The average Bonchev–Trinajstić information content (AvgIpc) is 2.86. The largest absolute Gasteiger partial charge is 0.315 e. The van der Waals surface area contributed by atoms with E-state index in [2.05, 4.69) is 18.3 Å². The molecule has 0 fully saturated rings. The number of carbonyl (C=O) groups is 1. The highest BCUT2D eigenvalue weighted by Gasteiger charge is 2.24. The first-order chi connectivity index (χ1) is 11.5. The Kier molecular flexibility index (Phi) is 4.54. The van der Waals surface area contributed by atoms with E-state index in [1.165, 1.54) is 26.8 Å². The molecule has 0 spiro atoms. The minimum absolute atomic E-state index is 0.0512. The zero-order valence-electron chi connectivity index (χ0n) is 13.8. The van der Waals surface area contributed by atoms with E-state index < -0.39 is 0 Å². The molecule has 124 valence electrons. The second-order valence-corrected chi connectivity index (χ2v) is 7.49. The smallest absolute Gasteiger partial charge is 0.251 e. The summed E-state index contributed by atoms with van der Waals surface area (Å²) in [5.41, 5.74) is 2.38. The zero-order chi connectivity index (χ0) is 17.3. The Labute approximate surface area is 144 Å². The van der Waals surface area contributed by atoms with E-state index in [9.17, 15) is 14.9 Å². The average molecular weight is 341 g/mol. The van der Waals surface area contributed by atoms with Gasteiger partial charge in [-0.25, -0.2) is 0 Å². The minimum atomic E-state index is -0.286. The number of nitriles is 1. The standard InChI is InChI=1S/C18H19N3O2S/c1-11-3-5-13-14(8-19)18(24-15(13)7-11)20-16(22)10-21-9-12(2)4-6-17(21)23/h4,6,9,11H,3,5,7,10H2,1-2H3,(H,20,22). The van der Waals surface area contributed by atoms with E-state index in [0.29, 0.717) is 16.5 Å². The molecule has 0 aromatic carbocycles. The number of amides is 1. The van der Waals surface area contributed by atoms with Crippen molar-refractivity contribution in [2.24, 2.45) is 5.92 Å². The van der Waals surface area contributed by atoms with Gasteiger partial charge >= 0.3 is 0 Å². The fourth-order valence-electron chi connectivity index (χ4n) is 3.05. The van der Waals surface area contributed by atoms with Gasteiger partial charge < -0.3 is 9.88 Å². The zero-order valence-corrected chi connectivity index (χ0v) is 14.6. The lowest BCUT2D eigenvalue weighted by Crippen LogP contribution is -2.26. The van der Waals surface area contributed by atoms with Crippen LogP contribution in [0.3, 0.4) is 0 Å². The monoisotopic (exact) mass is 341 g/mol. The summed E-state index contributed by atoms with van der Waals surface area (Å²) in [6.07, 6.45) is 4.59. The van der Waals surface area contributed by atoms with E-state index in [4.69, 9.17) is 0 Å². The minimum Gasteiger partial charge on any atom is -0.315 e. The molecule has 5 nitrogen and oxygen atoms in total. The van der Waals surface area contributed by atoms with Crippen molar-refractivity contribution in [3.8, 4) is 6.07 Å². The van der Waals surface area contributed by atoms with E-state index in [0.717, 1.165) is 30.4 Å². The van der Waals surface area contributed by atoms with Gasteiger partial charge in [-0.3, -0.25) is 9.59 Å². The van der Waals surface area contributed by atoms with Gasteiger partial charge in [0.05, 0.1) is 5.56 Å². The van der Waals surface area contributed by atoms with Crippen molar-refractivity contribution < 1.29 is 4.79 Å². The van der Waals surface area contributed by atoms with Crippen LogP contribution in [0.2, 0.25) is 0 Å². The highest BCUT2D eigenvalue weighted by molar-refractivity contribution is 7.16. The molecule has 2 heterocycles. The number of carbonyl (C=O) groups excluding carboxylic acids is 1. The molecule has 0 saturated heterocycles. The van der Waals surface area contributed by atoms with E-state index in [-0.39, 0.29) is 18.0 Å². The van der Waals surface area contributed by atoms with Crippen molar-refractivity contribution in [1.82, 2.24) is 4.57 Å². The van der Waals surface area contributed by atoms with Crippen LogP contribution in [0, 0.1) is 24.2 Å². The second-order valence-electron chi connectivity index (χ2n) is 6.39. The molecule has 1 unspecified atom stereocenters. The maximum Gasteiger partial charge on any atom is 0.251 e. The van der Waals surface area contributed by atoms with Crippen LogP contribution in [0.5, 0.6) is 0 Å². The fourth-order valence-corrected chi connectivity index (χ4v) is 4.43. The van der Waals surface area contributed by atoms with E-state index in [1.807, 2.05) is 6.92 Å². The number of hydrogen-bond acceptors (Lipinski definition) is 4. The molecule has 0 saturated carbocycles. The van der Waals surface area contributed by atoms with Crippen molar-refractivity contribution in [1.29, 1.82) is 5.26 Å². The second kappa shape index (κ2) is 6.62. The van der Waals surface area contributed by atoms with Gasteiger partial charge in [0, 0.05) is 17.1 Å². The summed E-state index contributed by atoms with van der Waals surface area (Å²) in [5, 5.41) is 12.9. The Morgan fingerprint density at radius 2 is 2.29 bits per heavy atom.